The molecule has 2 aromatic carbocycles. The van der Waals surface area contributed by atoms with E-state index in [0.717, 1.165) is 16.9 Å². The summed E-state index contributed by atoms with van der Waals surface area (Å²) in [6, 6.07) is 13.6. The molecule has 0 unspecified atom stereocenters. The fourth-order valence-corrected chi connectivity index (χ4v) is 1.84. The van der Waals surface area contributed by atoms with Gasteiger partial charge in [-0.15, -0.1) is 4.91 Å². The van der Waals surface area contributed by atoms with Gasteiger partial charge in [0.2, 0.25) is 0 Å². The molecule has 0 aliphatic heterocycles. The van der Waals surface area contributed by atoms with Gasteiger partial charge in [-0.25, -0.2) is 0 Å². The van der Waals surface area contributed by atoms with Crippen molar-refractivity contribution in [3.63, 3.8) is 0 Å². The second-order valence-electron chi connectivity index (χ2n) is 4.40. The van der Waals surface area contributed by atoms with Gasteiger partial charge in [0.1, 0.15) is 5.69 Å². The van der Waals surface area contributed by atoms with Crippen LogP contribution in [-0.4, -0.2) is 7.05 Å². The van der Waals surface area contributed by atoms with E-state index < -0.39 is 0 Å². The average molecular weight is 255 g/mol. The predicted molar refractivity (Wildman–Crippen MR) is 79.9 cm³/mol. The van der Waals surface area contributed by atoms with Gasteiger partial charge in [0.05, 0.1) is 0 Å². The van der Waals surface area contributed by atoms with E-state index >= 15 is 0 Å². The maximum atomic E-state index is 10.8. The first-order valence-electron chi connectivity index (χ1n) is 6.17. The number of nitrogens with zero attached hydrogens (tertiary/aromatic N) is 1. The molecule has 98 valence electrons. The molecular weight excluding hydrogens is 238 g/mol. The number of nitrogens with one attached hydrogen (secondary N) is 2. The van der Waals surface area contributed by atoms with Crippen molar-refractivity contribution in [1.82, 2.24) is 0 Å². The second kappa shape index (κ2) is 6.00. The molecule has 0 heterocycles. The fraction of sp³-hybridized carbons (Fsp3) is 0.200. The normalized spacial score (nSPS) is 10.0. The maximum absolute atomic E-state index is 10.8. The standard InChI is InChI=1S/C15H17N3O/c1-11-3-5-13(6-4-11)17-10-12-9-14(16-2)7-8-15(12)18-19/h3-9,16-17H,10H2,1-2H3. The smallest absolute Gasteiger partial charge is 0.113 e. The minimum Gasteiger partial charge on any atom is -0.388 e. The summed E-state index contributed by atoms with van der Waals surface area (Å²) in [5.74, 6) is 0. The number of rotatable bonds is 5. The topological polar surface area (TPSA) is 53.5 Å². The molecule has 0 radical (unpaired) electrons. The molecule has 0 saturated heterocycles. The van der Waals surface area contributed by atoms with E-state index in [4.69, 9.17) is 0 Å². The first-order valence-corrected chi connectivity index (χ1v) is 6.17. The van der Waals surface area contributed by atoms with Crippen molar-refractivity contribution in [1.29, 1.82) is 0 Å². The van der Waals surface area contributed by atoms with Crippen LogP contribution in [0.4, 0.5) is 17.1 Å². The lowest BCUT2D eigenvalue weighted by Crippen LogP contribution is -2.00. The summed E-state index contributed by atoms with van der Waals surface area (Å²) < 4.78 is 0. The van der Waals surface area contributed by atoms with Gasteiger partial charge in [0.15, 0.2) is 0 Å². The van der Waals surface area contributed by atoms with Crippen LogP contribution in [0.25, 0.3) is 0 Å². The molecule has 0 aromatic heterocycles. The average Bonchev–Trinajstić information content (AvgIpc) is 2.46. The summed E-state index contributed by atoms with van der Waals surface area (Å²) in [5.41, 5.74) is 4.56. The van der Waals surface area contributed by atoms with Crippen LogP contribution in [0.15, 0.2) is 47.6 Å². The number of hydrogen-bond acceptors (Lipinski definition) is 4. The van der Waals surface area contributed by atoms with Gasteiger partial charge in [-0.3, -0.25) is 0 Å². The lowest BCUT2D eigenvalue weighted by atomic mass is 10.1. The Morgan fingerprint density at radius 1 is 1.05 bits per heavy atom. The van der Waals surface area contributed by atoms with E-state index in [1.165, 1.54) is 5.56 Å². The van der Waals surface area contributed by atoms with Gasteiger partial charge in [-0.05, 0) is 42.4 Å². The Kier molecular flexibility index (Phi) is 4.13. The minimum absolute atomic E-state index is 0.471. The Balaban J connectivity index is 2.13. The molecule has 0 bridgehead atoms. The van der Waals surface area contributed by atoms with Crippen LogP contribution < -0.4 is 10.6 Å². The number of nitroso groups, excluding NO2 is 1. The van der Waals surface area contributed by atoms with E-state index in [0.29, 0.717) is 12.2 Å². The zero-order chi connectivity index (χ0) is 13.7. The van der Waals surface area contributed by atoms with Crippen molar-refractivity contribution in [2.75, 3.05) is 17.7 Å². The number of anilines is 2. The summed E-state index contributed by atoms with van der Waals surface area (Å²) >= 11 is 0. The molecule has 0 saturated carbocycles. The molecule has 0 amide bonds. The third-order valence-corrected chi connectivity index (χ3v) is 3.00. The summed E-state index contributed by atoms with van der Waals surface area (Å²) in [7, 11) is 1.85. The quantitative estimate of drug-likeness (QED) is 0.792. The van der Waals surface area contributed by atoms with Crippen LogP contribution in [0, 0.1) is 11.8 Å². The minimum atomic E-state index is 0.471. The molecule has 0 aliphatic carbocycles. The molecule has 0 aliphatic rings. The van der Waals surface area contributed by atoms with Crippen LogP contribution in [0.1, 0.15) is 11.1 Å². The third kappa shape index (κ3) is 3.31. The van der Waals surface area contributed by atoms with Gasteiger partial charge in [0.25, 0.3) is 0 Å². The van der Waals surface area contributed by atoms with Crippen molar-refractivity contribution in [3.8, 4) is 0 Å². The molecule has 19 heavy (non-hydrogen) atoms. The van der Waals surface area contributed by atoms with E-state index in [9.17, 15) is 4.91 Å². The molecule has 0 spiro atoms. The Bertz CT molecular complexity index is 564. The summed E-state index contributed by atoms with van der Waals surface area (Å²) in [4.78, 5) is 10.8. The lowest BCUT2D eigenvalue weighted by Gasteiger charge is -2.10. The van der Waals surface area contributed by atoms with Crippen molar-refractivity contribution in [2.45, 2.75) is 13.5 Å². The maximum Gasteiger partial charge on any atom is 0.113 e. The number of hydrogen-bond donors (Lipinski definition) is 2. The first-order chi connectivity index (χ1) is 9.22. The lowest BCUT2D eigenvalue weighted by molar-refractivity contribution is 1.14. The van der Waals surface area contributed by atoms with Crippen molar-refractivity contribution in [2.24, 2.45) is 5.18 Å². The van der Waals surface area contributed by atoms with E-state index in [1.54, 1.807) is 6.07 Å². The predicted octanol–water partition coefficient (Wildman–Crippen LogP) is 4.05. The molecule has 0 fully saturated rings. The van der Waals surface area contributed by atoms with Crippen molar-refractivity contribution < 1.29 is 0 Å². The zero-order valence-corrected chi connectivity index (χ0v) is 11.1. The van der Waals surface area contributed by atoms with Crippen LogP contribution >= 0.6 is 0 Å². The van der Waals surface area contributed by atoms with Gasteiger partial charge in [-0.1, -0.05) is 17.7 Å². The molecule has 2 aromatic rings. The number of aryl methyl sites for hydroxylation is 1. The largest absolute Gasteiger partial charge is 0.388 e. The fourth-order valence-electron chi connectivity index (χ4n) is 1.84. The van der Waals surface area contributed by atoms with Crippen molar-refractivity contribution >= 4 is 17.1 Å². The SMILES string of the molecule is CNc1ccc(N=O)c(CNc2ccc(C)cc2)c1. The molecule has 4 nitrogen and oxygen atoms in total. The highest BCUT2D eigenvalue weighted by atomic mass is 16.3. The number of benzene rings is 2. The van der Waals surface area contributed by atoms with Gasteiger partial charge in [0, 0.05) is 30.5 Å². The Morgan fingerprint density at radius 2 is 1.74 bits per heavy atom. The Morgan fingerprint density at radius 3 is 2.37 bits per heavy atom. The highest BCUT2D eigenvalue weighted by Crippen LogP contribution is 2.24. The Labute approximate surface area is 112 Å². The molecule has 2 N–H and O–H groups in total. The van der Waals surface area contributed by atoms with E-state index in [-0.39, 0.29) is 0 Å². The molecular formula is C15H17N3O. The van der Waals surface area contributed by atoms with Crippen LogP contribution in [0.3, 0.4) is 0 Å². The molecule has 4 heteroatoms. The van der Waals surface area contributed by atoms with E-state index in [2.05, 4.69) is 22.7 Å². The second-order valence-corrected chi connectivity index (χ2v) is 4.40. The highest BCUT2D eigenvalue weighted by Gasteiger charge is 2.04. The Hall–Kier alpha value is -2.36. The van der Waals surface area contributed by atoms with E-state index in [1.807, 2.05) is 43.4 Å². The van der Waals surface area contributed by atoms with Gasteiger partial charge >= 0.3 is 0 Å². The molecule has 2 rings (SSSR count). The zero-order valence-electron chi connectivity index (χ0n) is 11.1. The van der Waals surface area contributed by atoms with Crippen LogP contribution in [-0.2, 0) is 6.54 Å². The third-order valence-electron chi connectivity index (χ3n) is 3.00. The van der Waals surface area contributed by atoms with Crippen molar-refractivity contribution in [3.05, 3.63) is 58.5 Å². The van der Waals surface area contributed by atoms with Gasteiger partial charge in [-0.2, -0.15) is 0 Å². The highest BCUT2D eigenvalue weighted by molar-refractivity contribution is 5.58. The monoisotopic (exact) mass is 255 g/mol. The van der Waals surface area contributed by atoms with Gasteiger partial charge < -0.3 is 10.6 Å². The summed E-state index contributed by atoms with van der Waals surface area (Å²) in [5, 5.41) is 9.39. The van der Waals surface area contributed by atoms with Crippen LogP contribution in [0.5, 0.6) is 0 Å². The summed E-state index contributed by atoms with van der Waals surface area (Å²) in [6.45, 7) is 2.62. The first kappa shape index (κ1) is 13.1. The molecule has 0 atom stereocenters. The van der Waals surface area contributed by atoms with Crippen LogP contribution in [0.2, 0.25) is 0 Å². The summed E-state index contributed by atoms with van der Waals surface area (Å²) in [6.07, 6.45) is 0.